The van der Waals surface area contributed by atoms with Gasteiger partial charge in [-0.15, -0.1) is 0 Å². The van der Waals surface area contributed by atoms with Crippen molar-refractivity contribution in [3.05, 3.63) is 152 Å². The van der Waals surface area contributed by atoms with E-state index in [9.17, 15) is 0 Å². The molecule has 2 heterocycles. The van der Waals surface area contributed by atoms with E-state index in [1.54, 1.807) is 0 Å². The molecule has 0 saturated heterocycles. The lowest BCUT2D eigenvalue weighted by Gasteiger charge is -2.11. The SMILES string of the molecule is c1ccc(-n2c3ccccc3c3ccc(-c4ccc(Nc5cc6ccccc6c6c5oc5ccccc56)cc4)cc32)cc1. The number of fused-ring (bicyclic) bond motifs is 8. The molecule has 0 fully saturated rings. The van der Waals surface area contributed by atoms with E-state index in [2.05, 4.69) is 149 Å². The minimum Gasteiger partial charge on any atom is -0.454 e. The van der Waals surface area contributed by atoms with E-state index in [1.807, 2.05) is 12.1 Å². The molecule has 2 aromatic heterocycles. The molecule has 9 aromatic rings. The fourth-order valence-corrected chi connectivity index (χ4v) is 6.57. The predicted molar refractivity (Wildman–Crippen MR) is 181 cm³/mol. The summed E-state index contributed by atoms with van der Waals surface area (Å²) in [4.78, 5) is 0. The molecule has 0 aliphatic rings. The van der Waals surface area contributed by atoms with Gasteiger partial charge in [0, 0.05) is 32.9 Å². The number of hydrogen-bond acceptors (Lipinski definition) is 2. The first-order chi connectivity index (χ1) is 21.3. The Labute approximate surface area is 248 Å². The summed E-state index contributed by atoms with van der Waals surface area (Å²) in [6.07, 6.45) is 0. The maximum Gasteiger partial charge on any atom is 0.159 e. The molecular weight excluding hydrogens is 524 g/mol. The second kappa shape index (κ2) is 9.37. The third kappa shape index (κ3) is 3.75. The first-order valence-electron chi connectivity index (χ1n) is 14.6. The second-order valence-electron chi connectivity index (χ2n) is 11.1. The Morgan fingerprint density at radius 2 is 1.16 bits per heavy atom. The summed E-state index contributed by atoms with van der Waals surface area (Å²) in [7, 11) is 0. The van der Waals surface area contributed by atoms with Gasteiger partial charge < -0.3 is 14.3 Å². The Balaban J connectivity index is 1.13. The fourth-order valence-electron chi connectivity index (χ4n) is 6.57. The zero-order valence-corrected chi connectivity index (χ0v) is 23.3. The van der Waals surface area contributed by atoms with Crippen molar-refractivity contribution in [3.8, 4) is 16.8 Å². The van der Waals surface area contributed by atoms with Crippen LogP contribution in [0.1, 0.15) is 0 Å². The molecule has 0 aliphatic heterocycles. The van der Waals surface area contributed by atoms with E-state index in [-0.39, 0.29) is 0 Å². The lowest BCUT2D eigenvalue weighted by Crippen LogP contribution is -1.93. The Bertz CT molecular complexity index is 2470. The summed E-state index contributed by atoms with van der Waals surface area (Å²) in [6, 6.07) is 53.7. The molecule has 43 heavy (non-hydrogen) atoms. The monoisotopic (exact) mass is 550 g/mol. The maximum atomic E-state index is 6.41. The standard InChI is InChI=1S/C40H26N2O/c1-2-11-30(12-3-1)42-36-16-8-6-14-32(36)33-23-20-27(25-37(33)42)26-18-21-29(22-19-26)41-35-24-28-10-4-5-13-31(28)39-34-15-7-9-17-38(34)43-40(35)39/h1-25,41H. The van der Waals surface area contributed by atoms with E-state index < -0.39 is 0 Å². The summed E-state index contributed by atoms with van der Waals surface area (Å²) < 4.78 is 8.77. The molecule has 0 spiro atoms. The van der Waals surface area contributed by atoms with Crippen LogP contribution in [-0.2, 0) is 0 Å². The van der Waals surface area contributed by atoms with Crippen molar-refractivity contribution in [2.75, 3.05) is 5.32 Å². The van der Waals surface area contributed by atoms with Crippen LogP contribution in [0.3, 0.4) is 0 Å². The van der Waals surface area contributed by atoms with Gasteiger partial charge in [-0.3, -0.25) is 0 Å². The summed E-state index contributed by atoms with van der Waals surface area (Å²) in [5, 5.41) is 10.8. The zero-order valence-electron chi connectivity index (χ0n) is 23.3. The quantitative estimate of drug-likeness (QED) is 0.236. The van der Waals surface area contributed by atoms with Crippen molar-refractivity contribution < 1.29 is 4.42 Å². The Hall–Kier alpha value is -5.80. The molecule has 1 N–H and O–H groups in total. The van der Waals surface area contributed by atoms with Gasteiger partial charge >= 0.3 is 0 Å². The summed E-state index contributed by atoms with van der Waals surface area (Å²) in [5.41, 5.74) is 9.69. The molecular formula is C40H26N2O. The van der Waals surface area contributed by atoms with Crippen molar-refractivity contribution in [3.63, 3.8) is 0 Å². The minimum absolute atomic E-state index is 0.878. The van der Waals surface area contributed by atoms with Crippen molar-refractivity contribution in [1.82, 2.24) is 4.57 Å². The lowest BCUT2D eigenvalue weighted by atomic mass is 10.0. The number of para-hydroxylation sites is 3. The normalized spacial score (nSPS) is 11.7. The van der Waals surface area contributed by atoms with Crippen LogP contribution >= 0.6 is 0 Å². The van der Waals surface area contributed by atoms with E-state index in [0.717, 1.165) is 39.0 Å². The third-order valence-corrected chi connectivity index (χ3v) is 8.56. The average molecular weight is 551 g/mol. The van der Waals surface area contributed by atoms with Crippen LogP contribution in [0.2, 0.25) is 0 Å². The molecule has 0 aliphatic carbocycles. The highest BCUT2D eigenvalue weighted by Crippen LogP contribution is 2.40. The van der Waals surface area contributed by atoms with Crippen molar-refractivity contribution in [2.24, 2.45) is 0 Å². The Morgan fingerprint density at radius 1 is 0.488 bits per heavy atom. The second-order valence-corrected chi connectivity index (χ2v) is 11.1. The first kappa shape index (κ1) is 23.9. The number of nitrogens with zero attached hydrogens (tertiary/aromatic N) is 1. The number of benzene rings is 7. The van der Waals surface area contributed by atoms with Gasteiger partial charge in [0.25, 0.3) is 0 Å². The van der Waals surface area contributed by atoms with Gasteiger partial charge in [-0.25, -0.2) is 0 Å². The molecule has 0 saturated carbocycles. The number of furan rings is 1. The number of hydrogen-bond donors (Lipinski definition) is 1. The summed E-state index contributed by atoms with van der Waals surface area (Å²) in [6.45, 7) is 0. The van der Waals surface area contributed by atoms with E-state index in [0.29, 0.717) is 0 Å². The van der Waals surface area contributed by atoms with Crippen LogP contribution in [-0.4, -0.2) is 4.57 Å². The average Bonchev–Trinajstić information content (AvgIpc) is 3.62. The number of rotatable bonds is 4. The first-order valence-corrected chi connectivity index (χ1v) is 14.6. The van der Waals surface area contributed by atoms with Gasteiger partial charge in [-0.1, -0.05) is 103 Å². The van der Waals surface area contributed by atoms with Crippen molar-refractivity contribution in [1.29, 1.82) is 0 Å². The molecule has 0 amide bonds. The summed E-state index contributed by atoms with van der Waals surface area (Å²) >= 11 is 0. The molecule has 0 bridgehead atoms. The maximum absolute atomic E-state index is 6.41. The van der Waals surface area contributed by atoms with Gasteiger partial charge in [-0.05, 0) is 70.4 Å². The predicted octanol–water partition coefficient (Wildman–Crippen LogP) is 11.2. The smallest absolute Gasteiger partial charge is 0.159 e. The van der Waals surface area contributed by atoms with Crippen LogP contribution in [0, 0.1) is 0 Å². The van der Waals surface area contributed by atoms with E-state index in [4.69, 9.17) is 4.42 Å². The number of anilines is 2. The van der Waals surface area contributed by atoms with Crippen molar-refractivity contribution in [2.45, 2.75) is 0 Å². The van der Waals surface area contributed by atoms with Gasteiger partial charge in [0.1, 0.15) is 5.58 Å². The van der Waals surface area contributed by atoms with Crippen LogP contribution < -0.4 is 5.32 Å². The van der Waals surface area contributed by atoms with Crippen molar-refractivity contribution >= 4 is 65.9 Å². The van der Waals surface area contributed by atoms with Gasteiger partial charge in [0.05, 0.1) is 16.7 Å². The Morgan fingerprint density at radius 3 is 2.02 bits per heavy atom. The van der Waals surface area contributed by atoms with Crippen LogP contribution in [0.15, 0.2) is 156 Å². The summed E-state index contributed by atoms with van der Waals surface area (Å²) in [5.74, 6) is 0. The minimum atomic E-state index is 0.878. The molecule has 0 unspecified atom stereocenters. The topological polar surface area (TPSA) is 30.1 Å². The third-order valence-electron chi connectivity index (χ3n) is 8.56. The van der Waals surface area contributed by atoms with Gasteiger partial charge in [0.15, 0.2) is 5.58 Å². The highest BCUT2D eigenvalue weighted by atomic mass is 16.3. The number of nitrogens with one attached hydrogen (secondary N) is 1. The highest BCUT2D eigenvalue weighted by molar-refractivity contribution is 6.22. The largest absolute Gasteiger partial charge is 0.454 e. The van der Waals surface area contributed by atoms with E-state index in [1.165, 1.54) is 43.7 Å². The molecule has 0 radical (unpaired) electrons. The molecule has 9 rings (SSSR count). The molecule has 3 heteroatoms. The molecule has 7 aromatic carbocycles. The van der Waals surface area contributed by atoms with Gasteiger partial charge in [-0.2, -0.15) is 0 Å². The Kier molecular flexibility index (Phi) is 5.20. The fraction of sp³-hybridized carbons (Fsp3) is 0. The molecule has 3 nitrogen and oxygen atoms in total. The molecule has 202 valence electrons. The zero-order chi connectivity index (χ0) is 28.3. The van der Waals surface area contributed by atoms with Crippen LogP contribution in [0.4, 0.5) is 11.4 Å². The highest BCUT2D eigenvalue weighted by Gasteiger charge is 2.16. The van der Waals surface area contributed by atoms with Crippen LogP contribution in [0.25, 0.3) is 71.3 Å². The lowest BCUT2D eigenvalue weighted by molar-refractivity contribution is 0.670. The van der Waals surface area contributed by atoms with E-state index >= 15 is 0 Å². The van der Waals surface area contributed by atoms with Crippen LogP contribution in [0.5, 0.6) is 0 Å². The molecule has 0 atom stereocenters. The van der Waals surface area contributed by atoms with Gasteiger partial charge in [0.2, 0.25) is 0 Å². The number of aromatic nitrogens is 1.